The van der Waals surface area contributed by atoms with Crippen LogP contribution in [0.5, 0.6) is 5.88 Å². The van der Waals surface area contributed by atoms with Gasteiger partial charge in [-0.25, -0.2) is 15.0 Å². The molecular weight excluding hydrogens is 450 g/mol. The lowest BCUT2D eigenvalue weighted by molar-refractivity contribution is 0.127. The van der Waals surface area contributed by atoms with Crippen LogP contribution in [0.4, 0.5) is 5.95 Å². The third-order valence-corrected chi connectivity index (χ3v) is 6.20. The second-order valence-electron chi connectivity index (χ2n) is 8.33. The van der Waals surface area contributed by atoms with Crippen LogP contribution in [0, 0.1) is 5.92 Å². The molecule has 34 heavy (non-hydrogen) atoms. The molecule has 0 saturated carbocycles. The molecule has 1 atom stereocenters. The third kappa shape index (κ3) is 6.99. The highest BCUT2D eigenvalue weighted by Crippen LogP contribution is 2.25. The molecular formula is C24H35N7O2S. The number of hydrogen-bond donors (Lipinski definition) is 1. The standard InChI is InChI=1S/C24H35N7O2S/c1-6-19-14-26-24(27-15-19)31-11-8-20(9-12-31)18(2)33-17-28-29(3)16-22(30(4)34)21-7-10-25-23(13-21)32-5/h7,10,13-18,20,34H,6,8-9,11-12H2,1-5H3/b22-16-,28-17+/t18-/m0/s1. The maximum atomic E-state index is 5.93. The second-order valence-corrected chi connectivity index (χ2v) is 8.93. The highest BCUT2D eigenvalue weighted by molar-refractivity contribution is 7.78. The molecule has 0 amide bonds. The van der Waals surface area contributed by atoms with Gasteiger partial charge in [-0.2, -0.15) is 0 Å². The summed E-state index contributed by atoms with van der Waals surface area (Å²) in [6, 6.07) is 3.75. The predicted octanol–water partition coefficient (Wildman–Crippen LogP) is 3.71. The molecule has 1 saturated heterocycles. The molecule has 0 radical (unpaired) electrons. The van der Waals surface area contributed by atoms with E-state index >= 15 is 0 Å². The lowest BCUT2D eigenvalue weighted by Gasteiger charge is -2.34. The Labute approximate surface area is 208 Å². The number of nitrogens with zero attached hydrogens (tertiary/aromatic N) is 7. The van der Waals surface area contributed by atoms with Crippen LogP contribution in [-0.4, -0.2) is 71.1 Å². The van der Waals surface area contributed by atoms with E-state index in [2.05, 4.69) is 51.6 Å². The van der Waals surface area contributed by atoms with Crippen LogP contribution < -0.4 is 9.64 Å². The first kappa shape index (κ1) is 25.6. The fourth-order valence-electron chi connectivity index (χ4n) is 3.81. The Morgan fingerprint density at radius 2 is 1.97 bits per heavy atom. The molecule has 10 heteroatoms. The largest absolute Gasteiger partial charge is 0.481 e. The molecule has 0 aliphatic carbocycles. The second kappa shape index (κ2) is 12.5. The van der Waals surface area contributed by atoms with Crippen molar-refractivity contribution in [3.63, 3.8) is 0 Å². The Balaban J connectivity index is 1.51. The van der Waals surface area contributed by atoms with Gasteiger partial charge >= 0.3 is 0 Å². The maximum Gasteiger partial charge on any atom is 0.225 e. The highest BCUT2D eigenvalue weighted by Gasteiger charge is 2.25. The molecule has 1 fully saturated rings. The smallest absolute Gasteiger partial charge is 0.225 e. The van der Waals surface area contributed by atoms with Crippen molar-refractivity contribution in [2.24, 2.45) is 11.0 Å². The zero-order chi connectivity index (χ0) is 24.5. The number of rotatable bonds is 10. The maximum absolute atomic E-state index is 5.93. The van der Waals surface area contributed by atoms with Crippen LogP contribution in [0.3, 0.4) is 0 Å². The van der Waals surface area contributed by atoms with E-state index in [-0.39, 0.29) is 6.10 Å². The number of aryl methyl sites for hydroxylation is 1. The number of hydrazone groups is 1. The van der Waals surface area contributed by atoms with Gasteiger partial charge in [-0.3, -0.25) is 5.01 Å². The first-order valence-corrected chi connectivity index (χ1v) is 11.9. The first-order valence-electron chi connectivity index (χ1n) is 11.5. The van der Waals surface area contributed by atoms with Crippen molar-refractivity contribution in [1.29, 1.82) is 0 Å². The predicted molar refractivity (Wildman–Crippen MR) is 139 cm³/mol. The molecule has 0 spiro atoms. The lowest BCUT2D eigenvalue weighted by Crippen LogP contribution is -2.38. The van der Waals surface area contributed by atoms with Gasteiger partial charge in [0.2, 0.25) is 11.8 Å². The average Bonchev–Trinajstić information content (AvgIpc) is 2.87. The van der Waals surface area contributed by atoms with Crippen LogP contribution in [-0.2, 0) is 11.2 Å². The van der Waals surface area contributed by atoms with Crippen molar-refractivity contribution in [3.05, 3.63) is 48.1 Å². The van der Waals surface area contributed by atoms with E-state index in [4.69, 9.17) is 9.47 Å². The summed E-state index contributed by atoms with van der Waals surface area (Å²) in [5.41, 5.74) is 2.92. The Kier molecular flexibility index (Phi) is 9.38. The monoisotopic (exact) mass is 485 g/mol. The summed E-state index contributed by atoms with van der Waals surface area (Å²) in [6.07, 6.45) is 12.0. The number of thiol groups is 1. The Bertz CT molecular complexity index is 960. The molecule has 0 aromatic carbocycles. The van der Waals surface area contributed by atoms with Crippen LogP contribution in [0.1, 0.15) is 37.8 Å². The summed E-state index contributed by atoms with van der Waals surface area (Å²) in [5, 5.41) is 6.10. The van der Waals surface area contributed by atoms with Gasteiger partial charge in [-0.15, -0.1) is 5.10 Å². The van der Waals surface area contributed by atoms with E-state index in [1.54, 1.807) is 22.6 Å². The minimum Gasteiger partial charge on any atom is -0.481 e. The average molecular weight is 486 g/mol. The fourth-order valence-corrected chi connectivity index (χ4v) is 3.97. The molecule has 2 aromatic heterocycles. The molecule has 9 nitrogen and oxygen atoms in total. The summed E-state index contributed by atoms with van der Waals surface area (Å²) in [4.78, 5) is 15.4. The number of methoxy groups -OCH3 is 1. The minimum absolute atomic E-state index is 0.0724. The normalized spacial score (nSPS) is 15.9. The Hall–Kier alpha value is -3.01. The van der Waals surface area contributed by atoms with Crippen molar-refractivity contribution in [2.75, 3.05) is 39.2 Å². The van der Waals surface area contributed by atoms with Crippen molar-refractivity contribution in [2.45, 2.75) is 39.2 Å². The molecule has 0 bridgehead atoms. The van der Waals surface area contributed by atoms with Crippen LogP contribution >= 0.6 is 12.8 Å². The minimum atomic E-state index is 0.0724. The van der Waals surface area contributed by atoms with E-state index in [9.17, 15) is 0 Å². The number of anilines is 1. The lowest BCUT2D eigenvalue weighted by atomic mass is 9.92. The summed E-state index contributed by atoms with van der Waals surface area (Å²) >= 11 is 4.46. The molecule has 1 aliphatic rings. The molecule has 0 unspecified atom stereocenters. The van der Waals surface area contributed by atoms with E-state index in [0.29, 0.717) is 11.8 Å². The van der Waals surface area contributed by atoms with E-state index < -0.39 is 0 Å². The van der Waals surface area contributed by atoms with Crippen LogP contribution in [0.2, 0.25) is 0 Å². The van der Waals surface area contributed by atoms with Gasteiger partial charge in [0.25, 0.3) is 0 Å². The number of hydrogen-bond acceptors (Lipinski definition) is 10. The van der Waals surface area contributed by atoms with Crippen molar-refractivity contribution < 1.29 is 9.47 Å². The quantitative estimate of drug-likeness (QED) is 0.236. The molecule has 1 aliphatic heterocycles. The van der Waals surface area contributed by atoms with Crippen molar-refractivity contribution in [3.8, 4) is 5.88 Å². The SMILES string of the molecule is CCc1cnc(N2CCC([C@H](C)O/C=N/N(C)/C=C(/c3ccnc(OC)c3)N(C)S)CC2)nc1. The molecule has 3 rings (SSSR count). The van der Waals surface area contributed by atoms with Crippen molar-refractivity contribution >= 4 is 30.9 Å². The zero-order valence-electron chi connectivity index (χ0n) is 20.6. The number of aromatic nitrogens is 3. The van der Waals surface area contributed by atoms with Gasteiger partial charge in [0, 0.05) is 63.6 Å². The Morgan fingerprint density at radius 1 is 1.26 bits per heavy atom. The molecule has 0 N–H and O–H groups in total. The van der Waals surface area contributed by atoms with Gasteiger partial charge in [0.05, 0.1) is 12.8 Å². The summed E-state index contributed by atoms with van der Waals surface area (Å²) in [7, 11) is 5.30. The van der Waals surface area contributed by atoms with Crippen molar-refractivity contribution in [1.82, 2.24) is 24.3 Å². The van der Waals surface area contributed by atoms with Gasteiger partial charge in [-0.05, 0) is 43.7 Å². The van der Waals surface area contributed by atoms with Crippen LogP contribution in [0.25, 0.3) is 5.70 Å². The number of ether oxygens (including phenoxy) is 2. The van der Waals surface area contributed by atoms with Gasteiger partial charge < -0.3 is 18.7 Å². The number of pyridine rings is 1. The topological polar surface area (TPSA) is 79.2 Å². The fraction of sp³-hybridized carbons (Fsp3) is 0.500. The molecule has 2 aromatic rings. The Morgan fingerprint density at radius 3 is 2.59 bits per heavy atom. The van der Waals surface area contributed by atoms with Gasteiger partial charge in [-0.1, -0.05) is 19.7 Å². The summed E-state index contributed by atoms with van der Waals surface area (Å²) in [5.74, 6) is 1.82. The highest BCUT2D eigenvalue weighted by atomic mass is 32.1. The van der Waals surface area contributed by atoms with E-state index in [1.807, 2.05) is 44.8 Å². The molecule has 3 heterocycles. The first-order chi connectivity index (χ1) is 16.4. The zero-order valence-corrected chi connectivity index (χ0v) is 21.5. The van der Waals surface area contributed by atoms with E-state index in [1.165, 1.54) is 6.40 Å². The van der Waals surface area contributed by atoms with Gasteiger partial charge in [0.15, 0.2) is 6.40 Å². The summed E-state index contributed by atoms with van der Waals surface area (Å²) < 4.78 is 12.9. The third-order valence-electron chi connectivity index (χ3n) is 5.99. The molecule has 184 valence electrons. The summed E-state index contributed by atoms with van der Waals surface area (Å²) in [6.45, 7) is 6.07. The van der Waals surface area contributed by atoms with Crippen LogP contribution in [0.15, 0.2) is 42.0 Å². The van der Waals surface area contributed by atoms with E-state index in [0.717, 1.165) is 55.1 Å². The van der Waals surface area contributed by atoms with Gasteiger partial charge in [0.1, 0.15) is 6.10 Å². The number of piperidine rings is 1.